The van der Waals surface area contributed by atoms with Gasteiger partial charge in [0.15, 0.2) is 0 Å². The molecular weight excluding hydrogens is 410 g/mol. The highest BCUT2D eigenvalue weighted by Gasteiger charge is 2.26. The second-order valence-corrected chi connectivity index (χ2v) is 8.16. The summed E-state index contributed by atoms with van der Waals surface area (Å²) in [5.74, 6) is 1.46. The van der Waals surface area contributed by atoms with Crippen molar-refractivity contribution < 1.29 is 19.1 Å². The van der Waals surface area contributed by atoms with Crippen molar-refractivity contribution in [2.24, 2.45) is 5.92 Å². The van der Waals surface area contributed by atoms with Crippen LogP contribution in [0.25, 0.3) is 0 Å². The van der Waals surface area contributed by atoms with Gasteiger partial charge in [-0.15, -0.1) is 0 Å². The Labute approximate surface area is 187 Å². The lowest BCUT2D eigenvalue weighted by atomic mass is 9.97. The number of hydrogen-bond donors (Lipinski definition) is 2. The van der Waals surface area contributed by atoms with Gasteiger partial charge in [0.05, 0.1) is 13.7 Å². The molecular formula is C23H29N5O4. The van der Waals surface area contributed by atoms with Crippen molar-refractivity contribution in [2.75, 3.05) is 43.6 Å². The fourth-order valence-electron chi connectivity index (χ4n) is 4.08. The lowest BCUT2D eigenvalue weighted by molar-refractivity contribution is -0.141. The van der Waals surface area contributed by atoms with Crippen LogP contribution >= 0.6 is 0 Å². The van der Waals surface area contributed by atoms with E-state index in [4.69, 9.17) is 9.47 Å². The summed E-state index contributed by atoms with van der Waals surface area (Å²) in [6.45, 7) is 4.76. The maximum Gasteiger partial charge on any atom is 0.328 e. The van der Waals surface area contributed by atoms with E-state index >= 15 is 0 Å². The molecule has 2 aliphatic heterocycles. The van der Waals surface area contributed by atoms with Gasteiger partial charge in [0.25, 0.3) is 5.91 Å². The smallest absolute Gasteiger partial charge is 0.328 e. The number of anilines is 2. The van der Waals surface area contributed by atoms with E-state index < -0.39 is 12.0 Å². The number of piperidine rings is 1. The van der Waals surface area contributed by atoms with Gasteiger partial charge in [-0.05, 0) is 68.6 Å². The summed E-state index contributed by atoms with van der Waals surface area (Å²) < 4.78 is 10.3. The molecule has 9 nitrogen and oxygen atoms in total. The van der Waals surface area contributed by atoms with E-state index in [1.165, 1.54) is 7.11 Å². The number of aromatic nitrogens is 2. The lowest BCUT2D eigenvalue weighted by Crippen LogP contribution is -2.40. The predicted molar refractivity (Wildman–Crippen MR) is 120 cm³/mol. The average molecular weight is 440 g/mol. The number of ether oxygens (including phenoxy) is 2. The molecule has 0 unspecified atom stereocenters. The Balaban J connectivity index is 1.61. The molecule has 0 spiro atoms. The molecule has 3 heterocycles. The van der Waals surface area contributed by atoms with E-state index in [-0.39, 0.29) is 11.9 Å². The second kappa shape index (κ2) is 9.95. The van der Waals surface area contributed by atoms with Gasteiger partial charge in [-0.25, -0.2) is 9.78 Å². The van der Waals surface area contributed by atoms with Crippen molar-refractivity contribution in [1.82, 2.24) is 15.3 Å². The van der Waals surface area contributed by atoms with E-state index in [1.54, 1.807) is 24.1 Å². The summed E-state index contributed by atoms with van der Waals surface area (Å²) in [6, 6.07) is 6.70. The van der Waals surface area contributed by atoms with Gasteiger partial charge in [-0.1, -0.05) is 0 Å². The van der Waals surface area contributed by atoms with Gasteiger partial charge < -0.3 is 20.1 Å². The predicted octanol–water partition coefficient (Wildman–Crippen LogP) is 2.03. The number of methoxy groups -OCH3 is 1. The number of amides is 1. The van der Waals surface area contributed by atoms with Crippen molar-refractivity contribution in [3.05, 3.63) is 41.6 Å². The standard InChI is InChI=1S/C23H29N5O4/c1-15(22(30)31-2)26-23-25-11-7-20(27-23)28(14-16-5-9-24-10-6-16)21(29)18-3-4-19-17(13-18)8-12-32-19/h3-4,7,11,13,15-16,24H,5-6,8-10,12,14H2,1-2H3,(H,25,26,27)/t15-/m1/s1. The molecule has 0 bridgehead atoms. The zero-order chi connectivity index (χ0) is 22.5. The van der Waals surface area contributed by atoms with Crippen molar-refractivity contribution >= 4 is 23.6 Å². The molecule has 1 saturated heterocycles. The van der Waals surface area contributed by atoms with Crippen molar-refractivity contribution in [2.45, 2.75) is 32.2 Å². The maximum absolute atomic E-state index is 13.6. The SMILES string of the molecule is COC(=O)[C@@H](C)Nc1nccc(N(CC2CCNCC2)C(=O)c2ccc3c(c2)CCO3)n1. The van der Waals surface area contributed by atoms with Crippen LogP contribution in [0.1, 0.15) is 35.7 Å². The second-order valence-electron chi connectivity index (χ2n) is 8.16. The van der Waals surface area contributed by atoms with Crippen LogP contribution in [-0.2, 0) is 16.0 Å². The highest BCUT2D eigenvalue weighted by Crippen LogP contribution is 2.28. The monoisotopic (exact) mass is 439 g/mol. The molecule has 0 radical (unpaired) electrons. The molecule has 32 heavy (non-hydrogen) atoms. The number of nitrogens with zero attached hydrogens (tertiary/aromatic N) is 3. The molecule has 0 saturated carbocycles. The summed E-state index contributed by atoms with van der Waals surface area (Å²) in [5.41, 5.74) is 1.66. The van der Waals surface area contributed by atoms with Crippen molar-refractivity contribution in [1.29, 1.82) is 0 Å². The topological polar surface area (TPSA) is 106 Å². The van der Waals surface area contributed by atoms with Crippen LogP contribution in [0.2, 0.25) is 0 Å². The molecule has 1 fully saturated rings. The molecule has 9 heteroatoms. The Hall–Kier alpha value is -3.20. The van der Waals surface area contributed by atoms with Gasteiger partial charge in [0, 0.05) is 24.7 Å². The van der Waals surface area contributed by atoms with E-state index in [2.05, 4.69) is 20.6 Å². The molecule has 1 atom stereocenters. The van der Waals surface area contributed by atoms with Crippen molar-refractivity contribution in [3.8, 4) is 5.75 Å². The Morgan fingerprint density at radius 2 is 2.12 bits per heavy atom. The van der Waals surface area contributed by atoms with Crippen LogP contribution in [0, 0.1) is 5.92 Å². The van der Waals surface area contributed by atoms with E-state index in [0.29, 0.717) is 30.5 Å². The summed E-state index contributed by atoms with van der Waals surface area (Å²) in [5, 5.41) is 6.31. The van der Waals surface area contributed by atoms with E-state index in [1.807, 2.05) is 18.2 Å². The first-order valence-electron chi connectivity index (χ1n) is 11.0. The van der Waals surface area contributed by atoms with Gasteiger partial charge in [-0.3, -0.25) is 9.69 Å². The van der Waals surface area contributed by atoms with Crippen molar-refractivity contribution in [3.63, 3.8) is 0 Å². The summed E-state index contributed by atoms with van der Waals surface area (Å²) in [6.07, 6.45) is 4.39. The number of nitrogens with one attached hydrogen (secondary N) is 2. The Kier molecular flexibility index (Phi) is 6.84. The number of fused-ring (bicyclic) bond motifs is 1. The number of carbonyl (C=O) groups excluding carboxylic acids is 2. The third-order valence-electron chi connectivity index (χ3n) is 5.90. The maximum atomic E-state index is 13.6. The van der Waals surface area contributed by atoms with Crippen LogP contribution in [0.15, 0.2) is 30.5 Å². The van der Waals surface area contributed by atoms with Gasteiger partial charge in [0.2, 0.25) is 5.95 Å². The summed E-state index contributed by atoms with van der Waals surface area (Å²) in [4.78, 5) is 35.9. The fraction of sp³-hybridized carbons (Fsp3) is 0.478. The van der Waals surface area contributed by atoms with Crippen LogP contribution in [-0.4, -0.2) is 61.2 Å². The minimum absolute atomic E-state index is 0.108. The largest absolute Gasteiger partial charge is 0.493 e. The molecule has 2 N–H and O–H groups in total. The third-order valence-corrected chi connectivity index (χ3v) is 5.90. The van der Waals surface area contributed by atoms with Gasteiger partial charge in [-0.2, -0.15) is 4.98 Å². The molecule has 1 aromatic carbocycles. The number of hydrogen-bond acceptors (Lipinski definition) is 8. The molecule has 2 aromatic rings. The first kappa shape index (κ1) is 22.0. The van der Waals surface area contributed by atoms with Crippen LogP contribution < -0.4 is 20.3 Å². The molecule has 1 aromatic heterocycles. The summed E-state index contributed by atoms with van der Waals surface area (Å²) in [7, 11) is 1.33. The Morgan fingerprint density at radius 3 is 2.91 bits per heavy atom. The molecule has 0 aliphatic carbocycles. The number of rotatable bonds is 7. The van der Waals surface area contributed by atoms with Gasteiger partial charge in [0.1, 0.15) is 17.6 Å². The molecule has 1 amide bonds. The van der Waals surface area contributed by atoms with E-state index in [0.717, 1.165) is 43.7 Å². The Morgan fingerprint density at radius 1 is 1.31 bits per heavy atom. The highest BCUT2D eigenvalue weighted by atomic mass is 16.5. The molecule has 2 aliphatic rings. The lowest BCUT2D eigenvalue weighted by Gasteiger charge is -2.30. The molecule has 4 rings (SSSR count). The minimum atomic E-state index is -0.611. The number of esters is 1. The third kappa shape index (κ3) is 4.99. The number of carbonyl (C=O) groups is 2. The quantitative estimate of drug-likeness (QED) is 0.632. The zero-order valence-corrected chi connectivity index (χ0v) is 18.5. The van der Waals surface area contributed by atoms with Gasteiger partial charge >= 0.3 is 5.97 Å². The Bertz CT molecular complexity index is 977. The van der Waals surface area contributed by atoms with Crippen LogP contribution in [0.4, 0.5) is 11.8 Å². The zero-order valence-electron chi connectivity index (χ0n) is 18.5. The van der Waals surface area contributed by atoms with Crippen LogP contribution in [0.3, 0.4) is 0 Å². The molecule has 170 valence electrons. The van der Waals surface area contributed by atoms with E-state index in [9.17, 15) is 9.59 Å². The summed E-state index contributed by atoms with van der Waals surface area (Å²) >= 11 is 0. The first-order chi connectivity index (χ1) is 15.5. The average Bonchev–Trinajstić information content (AvgIpc) is 3.30. The number of benzene rings is 1. The first-order valence-corrected chi connectivity index (χ1v) is 11.0. The highest BCUT2D eigenvalue weighted by molar-refractivity contribution is 6.06. The fourth-order valence-corrected chi connectivity index (χ4v) is 4.08. The minimum Gasteiger partial charge on any atom is -0.493 e. The normalized spacial score (nSPS) is 16.6. The van der Waals surface area contributed by atoms with Crippen LogP contribution in [0.5, 0.6) is 5.75 Å².